The van der Waals surface area contributed by atoms with Gasteiger partial charge >= 0.3 is 6.09 Å². The Morgan fingerprint density at radius 3 is 2.88 bits per heavy atom. The first kappa shape index (κ1) is 13.2. The van der Waals surface area contributed by atoms with Gasteiger partial charge in [0.05, 0.1) is 0 Å². The lowest BCUT2D eigenvalue weighted by molar-refractivity contribution is -0.0446. The lowest BCUT2D eigenvalue weighted by atomic mass is 10.2. The van der Waals surface area contributed by atoms with Gasteiger partial charge in [-0.2, -0.15) is 0 Å². The SMILES string of the molecule is CC(C)(C)OC(=O)NNC1CCCCNO1. The quantitative estimate of drug-likeness (QED) is 0.619. The maximum absolute atomic E-state index is 11.3. The standard InChI is InChI=1S/C10H21N3O3/c1-10(2,3)15-9(14)13-12-8-6-4-5-7-11-16-8/h8,11-12H,4-7H2,1-3H3,(H,13,14). The zero-order chi connectivity index (χ0) is 12.0. The van der Waals surface area contributed by atoms with Crippen molar-refractivity contribution < 1.29 is 14.4 Å². The van der Waals surface area contributed by atoms with Gasteiger partial charge in [0, 0.05) is 6.54 Å². The molecular weight excluding hydrogens is 210 g/mol. The van der Waals surface area contributed by atoms with Crippen LogP contribution in [0.15, 0.2) is 0 Å². The van der Waals surface area contributed by atoms with Crippen LogP contribution in [0.5, 0.6) is 0 Å². The van der Waals surface area contributed by atoms with Gasteiger partial charge < -0.3 is 4.74 Å². The van der Waals surface area contributed by atoms with Crippen LogP contribution in [0.1, 0.15) is 40.0 Å². The zero-order valence-corrected chi connectivity index (χ0v) is 10.1. The summed E-state index contributed by atoms with van der Waals surface area (Å²) in [6.07, 6.45) is 2.27. The summed E-state index contributed by atoms with van der Waals surface area (Å²) in [5.41, 5.74) is 7.56. The number of rotatable bonds is 2. The Labute approximate surface area is 96.0 Å². The lowest BCUT2D eigenvalue weighted by Crippen LogP contribution is -2.48. The molecule has 0 bridgehead atoms. The van der Waals surface area contributed by atoms with Gasteiger partial charge in [-0.1, -0.05) is 0 Å². The first-order valence-electron chi connectivity index (χ1n) is 5.60. The van der Waals surface area contributed by atoms with E-state index >= 15 is 0 Å². The molecule has 1 atom stereocenters. The molecule has 94 valence electrons. The lowest BCUT2D eigenvalue weighted by Gasteiger charge is -2.22. The van der Waals surface area contributed by atoms with E-state index in [-0.39, 0.29) is 6.23 Å². The third-order valence-corrected chi connectivity index (χ3v) is 1.95. The highest BCUT2D eigenvalue weighted by Gasteiger charge is 2.18. The third kappa shape index (κ3) is 5.89. The number of ether oxygens (including phenoxy) is 1. The second-order valence-electron chi connectivity index (χ2n) is 4.77. The average Bonchev–Trinajstić information content (AvgIpc) is 2.39. The first-order valence-corrected chi connectivity index (χ1v) is 5.60. The van der Waals surface area contributed by atoms with E-state index in [1.54, 1.807) is 0 Å². The molecule has 0 saturated carbocycles. The van der Waals surface area contributed by atoms with Crippen molar-refractivity contribution >= 4 is 6.09 Å². The highest BCUT2D eigenvalue weighted by atomic mass is 16.7. The Morgan fingerprint density at radius 1 is 1.44 bits per heavy atom. The van der Waals surface area contributed by atoms with Crippen LogP contribution in [0.3, 0.4) is 0 Å². The van der Waals surface area contributed by atoms with Gasteiger partial charge in [0.2, 0.25) is 0 Å². The highest BCUT2D eigenvalue weighted by molar-refractivity contribution is 5.66. The summed E-state index contributed by atoms with van der Waals surface area (Å²) in [6, 6.07) is 0. The van der Waals surface area contributed by atoms with Crippen LogP contribution in [0.25, 0.3) is 0 Å². The molecule has 1 heterocycles. The number of hydroxylamine groups is 1. The van der Waals surface area contributed by atoms with Gasteiger partial charge in [-0.25, -0.2) is 15.7 Å². The molecule has 6 nitrogen and oxygen atoms in total. The van der Waals surface area contributed by atoms with Crippen molar-refractivity contribution in [1.82, 2.24) is 16.3 Å². The summed E-state index contributed by atoms with van der Waals surface area (Å²) in [7, 11) is 0. The minimum absolute atomic E-state index is 0.213. The number of hydrazine groups is 1. The molecule has 0 aliphatic carbocycles. The minimum Gasteiger partial charge on any atom is -0.443 e. The molecule has 0 radical (unpaired) electrons. The summed E-state index contributed by atoms with van der Waals surface area (Å²) in [5.74, 6) is 0. The predicted octanol–water partition coefficient (Wildman–Crippen LogP) is 1.05. The minimum atomic E-state index is -0.500. The van der Waals surface area contributed by atoms with Crippen molar-refractivity contribution in [3.05, 3.63) is 0 Å². The van der Waals surface area contributed by atoms with Gasteiger partial charge in [-0.15, -0.1) is 0 Å². The molecule has 1 rings (SSSR count). The first-order chi connectivity index (χ1) is 7.47. The molecule has 1 unspecified atom stereocenters. The van der Waals surface area contributed by atoms with E-state index in [2.05, 4.69) is 16.3 Å². The number of carbonyl (C=O) groups is 1. The van der Waals surface area contributed by atoms with E-state index in [0.717, 1.165) is 25.8 Å². The van der Waals surface area contributed by atoms with Gasteiger partial charge in [-0.05, 0) is 40.0 Å². The molecule has 6 heteroatoms. The van der Waals surface area contributed by atoms with Gasteiger partial charge in [-0.3, -0.25) is 10.3 Å². The van der Waals surface area contributed by atoms with Crippen molar-refractivity contribution in [2.75, 3.05) is 6.54 Å². The van der Waals surface area contributed by atoms with Crippen LogP contribution >= 0.6 is 0 Å². The molecule has 0 aromatic heterocycles. The fourth-order valence-corrected chi connectivity index (χ4v) is 1.29. The number of amides is 1. The molecule has 1 aliphatic heterocycles. The van der Waals surface area contributed by atoms with E-state index in [0.29, 0.717) is 0 Å². The fourth-order valence-electron chi connectivity index (χ4n) is 1.29. The van der Waals surface area contributed by atoms with Crippen molar-refractivity contribution in [1.29, 1.82) is 0 Å². The Kier molecular flexibility index (Phi) is 4.98. The van der Waals surface area contributed by atoms with Crippen LogP contribution in [0.4, 0.5) is 4.79 Å². The maximum Gasteiger partial charge on any atom is 0.422 e. The van der Waals surface area contributed by atoms with E-state index < -0.39 is 11.7 Å². The Bertz CT molecular complexity index is 220. The van der Waals surface area contributed by atoms with E-state index in [1.165, 1.54) is 0 Å². The smallest absolute Gasteiger partial charge is 0.422 e. The normalized spacial score (nSPS) is 22.3. The van der Waals surface area contributed by atoms with Crippen LogP contribution in [-0.2, 0) is 9.57 Å². The Morgan fingerprint density at radius 2 is 2.19 bits per heavy atom. The summed E-state index contributed by atoms with van der Waals surface area (Å²) in [4.78, 5) is 16.6. The van der Waals surface area contributed by atoms with E-state index in [9.17, 15) is 4.79 Å². The Hall–Kier alpha value is -0.850. The number of nitrogens with one attached hydrogen (secondary N) is 3. The van der Waals surface area contributed by atoms with Crippen molar-refractivity contribution in [3.63, 3.8) is 0 Å². The highest BCUT2D eigenvalue weighted by Crippen LogP contribution is 2.07. The fraction of sp³-hybridized carbons (Fsp3) is 0.900. The predicted molar refractivity (Wildman–Crippen MR) is 59.2 cm³/mol. The molecular formula is C10H21N3O3. The molecule has 1 saturated heterocycles. The van der Waals surface area contributed by atoms with Crippen LogP contribution in [0, 0.1) is 0 Å². The van der Waals surface area contributed by atoms with E-state index in [4.69, 9.17) is 9.57 Å². The van der Waals surface area contributed by atoms with Gasteiger partial charge in [0.1, 0.15) is 11.8 Å². The molecule has 3 N–H and O–H groups in total. The second kappa shape index (κ2) is 6.03. The summed E-state index contributed by atoms with van der Waals surface area (Å²) in [5, 5.41) is 0. The molecule has 0 aromatic carbocycles. The molecule has 1 fully saturated rings. The average molecular weight is 231 g/mol. The Balaban J connectivity index is 2.20. The summed E-state index contributed by atoms with van der Waals surface area (Å²) >= 11 is 0. The number of carbonyl (C=O) groups excluding carboxylic acids is 1. The largest absolute Gasteiger partial charge is 0.443 e. The zero-order valence-electron chi connectivity index (χ0n) is 10.1. The van der Waals surface area contributed by atoms with Gasteiger partial charge in [0.25, 0.3) is 0 Å². The van der Waals surface area contributed by atoms with Crippen molar-refractivity contribution in [2.24, 2.45) is 0 Å². The number of hydrogen-bond donors (Lipinski definition) is 3. The number of hydrogen-bond acceptors (Lipinski definition) is 5. The topological polar surface area (TPSA) is 71.6 Å². The molecule has 0 aromatic rings. The molecule has 16 heavy (non-hydrogen) atoms. The van der Waals surface area contributed by atoms with E-state index in [1.807, 2.05) is 20.8 Å². The molecule has 0 spiro atoms. The van der Waals surface area contributed by atoms with Crippen LogP contribution < -0.4 is 16.3 Å². The van der Waals surface area contributed by atoms with Crippen molar-refractivity contribution in [2.45, 2.75) is 51.9 Å². The maximum atomic E-state index is 11.3. The van der Waals surface area contributed by atoms with Gasteiger partial charge in [0.15, 0.2) is 0 Å². The summed E-state index contributed by atoms with van der Waals surface area (Å²) < 4.78 is 5.07. The second-order valence-corrected chi connectivity index (χ2v) is 4.77. The molecule has 1 amide bonds. The monoisotopic (exact) mass is 231 g/mol. The molecule has 1 aliphatic rings. The summed E-state index contributed by atoms with van der Waals surface area (Å²) in [6.45, 7) is 6.29. The third-order valence-electron chi connectivity index (χ3n) is 1.95. The van der Waals surface area contributed by atoms with Crippen molar-refractivity contribution in [3.8, 4) is 0 Å². The van der Waals surface area contributed by atoms with Crippen LogP contribution in [-0.4, -0.2) is 24.5 Å². The van der Waals surface area contributed by atoms with Crippen LogP contribution in [0.2, 0.25) is 0 Å².